The molecule has 0 amide bonds. The van der Waals surface area contributed by atoms with Crippen molar-refractivity contribution >= 4 is 32.0 Å². The normalized spacial score (nSPS) is 11.9. The van der Waals surface area contributed by atoms with Gasteiger partial charge in [0.05, 0.1) is 32.8 Å². The number of hydrogen-bond donors (Lipinski definition) is 0. The summed E-state index contributed by atoms with van der Waals surface area (Å²) in [5.41, 5.74) is 7.78. The zero-order valence-corrected chi connectivity index (χ0v) is 23.5. The molecule has 0 saturated heterocycles. The minimum atomic E-state index is -3.93. The summed E-state index contributed by atoms with van der Waals surface area (Å²) in [7, 11) is -3.93. The average Bonchev–Trinajstić information content (AvgIpc) is 3.58. The third-order valence-electron chi connectivity index (χ3n) is 7.56. The van der Waals surface area contributed by atoms with Crippen molar-refractivity contribution in [2.24, 2.45) is 0 Å². The smallest absolute Gasteiger partial charge is 0.268 e. The van der Waals surface area contributed by atoms with Crippen LogP contribution < -0.4 is 0 Å². The number of aromatic nitrogens is 3. The van der Waals surface area contributed by atoms with Gasteiger partial charge in [0, 0.05) is 10.9 Å². The van der Waals surface area contributed by atoms with Crippen LogP contribution >= 0.6 is 0 Å². The molecule has 200 valence electrons. The van der Waals surface area contributed by atoms with Gasteiger partial charge < -0.3 is 0 Å². The molecule has 0 spiro atoms. The molecule has 0 aliphatic rings. The van der Waals surface area contributed by atoms with Gasteiger partial charge >= 0.3 is 0 Å². The predicted octanol–water partition coefficient (Wildman–Crippen LogP) is 8.17. The van der Waals surface area contributed by atoms with Crippen LogP contribution in [-0.4, -0.2) is 21.9 Å². The summed E-state index contributed by atoms with van der Waals surface area (Å²) in [6.45, 7) is 4.01. The number of benzene rings is 5. The Bertz CT molecular complexity index is 2160. The molecule has 0 radical (unpaired) electrons. The van der Waals surface area contributed by atoms with Crippen LogP contribution in [0.25, 0.3) is 50.3 Å². The summed E-state index contributed by atoms with van der Waals surface area (Å²) in [4.78, 5) is 5.29. The molecule has 0 aliphatic carbocycles. The van der Waals surface area contributed by atoms with Crippen molar-refractivity contribution in [2.75, 3.05) is 0 Å². The van der Waals surface area contributed by atoms with Gasteiger partial charge in [0.15, 0.2) is 0 Å². The van der Waals surface area contributed by atoms with Crippen LogP contribution in [0.5, 0.6) is 0 Å². The molecule has 2 aromatic heterocycles. The van der Waals surface area contributed by atoms with Gasteiger partial charge in [-0.2, -0.15) is 0 Å². The van der Waals surface area contributed by atoms with Crippen LogP contribution in [0, 0.1) is 13.8 Å². The van der Waals surface area contributed by atoms with E-state index in [0.29, 0.717) is 11.2 Å². The highest BCUT2D eigenvalue weighted by Crippen LogP contribution is 2.39. The molecule has 5 nitrogen and oxygen atoms in total. The lowest BCUT2D eigenvalue weighted by atomic mass is 10.1. The van der Waals surface area contributed by atoms with E-state index in [1.807, 2.05) is 104 Å². The maximum atomic E-state index is 14.3. The van der Waals surface area contributed by atoms with Gasteiger partial charge in [-0.05, 0) is 61.4 Å². The molecule has 6 heteroatoms. The van der Waals surface area contributed by atoms with Crippen LogP contribution in [0.4, 0.5) is 0 Å². The quantitative estimate of drug-likeness (QED) is 0.216. The molecular weight excluding hydrogens is 526 g/mol. The first-order valence-electron chi connectivity index (χ1n) is 13.5. The van der Waals surface area contributed by atoms with E-state index >= 15 is 0 Å². The van der Waals surface area contributed by atoms with Crippen LogP contribution in [0.1, 0.15) is 11.1 Å². The van der Waals surface area contributed by atoms with Gasteiger partial charge in [-0.3, -0.25) is 4.57 Å². The second kappa shape index (κ2) is 9.61. The Morgan fingerprint density at radius 2 is 1.27 bits per heavy atom. The maximum Gasteiger partial charge on any atom is 0.268 e. The van der Waals surface area contributed by atoms with E-state index in [4.69, 9.17) is 4.98 Å². The Hall–Kier alpha value is -4.94. The highest BCUT2D eigenvalue weighted by atomic mass is 32.2. The van der Waals surface area contributed by atoms with E-state index in [9.17, 15) is 8.42 Å². The Morgan fingerprint density at radius 3 is 1.98 bits per heavy atom. The van der Waals surface area contributed by atoms with Gasteiger partial charge in [-0.15, -0.1) is 0 Å². The minimum absolute atomic E-state index is 0.248. The van der Waals surface area contributed by atoms with Crippen molar-refractivity contribution < 1.29 is 8.42 Å². The topological polar surface area (TPSA) is 56.9 Å². The fourth-order valence-corrected chi connectivity index (χ4v) is 7.09. The Morgan fingerprint density at radius 1 is 0.634 bits per heavy atom. The maximum absolute atomic E-state index is 14.3. The highest BCUT2D eigenvalue weighted by Gasteiger charge is 2.27. The number of rotatable bonds is 5. The molecule has 0 saturated carbocycles. The third kappa shape index (κ3) is 4.07. The van der Waals surface area contributed by atoms with Gasteiger partial charge in [0.25, 0.3) is 10.0 Å². The van der Waals surface area contributed by atoms with Gasteiger partial charge in [-0.1, -0.05) is 96.6 Å². The molecule has 5 aromatic carbocycles. The highest BCUT2D eigenvalue weighted by molar-refractivity contribution is 7.90. The Kier molecular flexibility index (Phi) is 5.87. The van der Waals surface area contributed by atoms with E-state index in [0.717, 1.165) is 50.2 Å². The summed E-state index contributed by atoms with van der Waals surface area (Å²) >= 11 is 0. The van der Waals surface area contributed by atoms with E-state index in [-0.39, 0.29) is 4.90 Å². The molecule has 0 fully saturated rings. The monoisotopic (exact) mass is 553 g/mol. The number of aryl methyl sites for hydroxylation is 2. The zero-order chi connectivity index (χ0) is 28.1. The van der Waals surface area contributed by atoms with Crippen LogP contribution in [0.2, 0.25) is 0 Å². The molecule has 0 bridgehead atoms. The number of nitrogens with zero attached hydrogens (tertiary/aromatic N) is 3. The summed E-state index contributed by atoms with van der Waals surface area (Å²) in [6.07, 6.45) is 0. The molecule has 7 rings (SSSR count). The summed E-state index contributed by atoms with van der Waals surface area (Å²) in [5, 5.41) is 0.833. The first-order valence-corrected chi connectivity index (χ1v) is 14.9. The molecule has 7 aromatic rings. The van der Waals surface area contributed by atoms with Crippen molar-refractivity contribution in [3.63, 3.8) is 0 Å². The van der Waals surface area contributed by atoms with Gasteiger partial charge in [0.1, 0.15) is 5.82 Å². The van der Waals surface area contributed by atoms with Crippen molar-refractivity contribution in [1.29, 1.82) is 0 Å². The SMILES string of the molecule is Cc1ccc(S(=O)(=O)n2c(-c3ccccc3)cc3c(-n4c(-c5ccccc5)nc5ccccc54)c(C)ccc32)cc1. The summed E-state index contributed by atoms with van der Waals surface area (Å²) in [5.74, 6) is 0.804. The summed E-state index contributed by atoms with van der Waals surface area (Å²) < 4.78 is 32.3. The molecule has 2 heterocycles. The standard InChI is InChI=1S/C35H27N3O2S/c1-24-17-20-28(21-18-24)41(39,40)38-31-22-19-25(2)34(29(31)23-33(38)26-11-5-3-6-12-26)37-32-16-10-9-15-30(32)36-35(37)27-13-7-4-8-14-27/h3-23H,1-2H3. The van der Waals surface area contributed by atoms with Gasteiger partial charge in [-0.25, -0.2) is 17.4 Å². The lowest BCUT2D eigenvalue weighted by Gasteiger charge is -2.16. The minimum Gasteiger partial charge on any atom is -0.291 e. The van der Waals surface area contributed by atoms with Crippen LogP contribution in [0.15, 0.2) is 132 Å². The van der Waals surface area contributed by atoms with Gasteiger partial charge in [0.2, 0.25) is 0 Å². The van der Waals surface area contributed by atoms with Crippen LogP contribution in [0.3, 0.4) is 0 Å². The Balaban J connectivity index is 1.61. The number of fused-ring (bicyclic) bond motifs is 2. The molecule has 41 heavy (non-hydrogen) atoms. The first kappa shape index (κ1) is 25.1. The predicted molar refractivity (Wildman–Crippen MR) is 166 cm³/mol. The second-order valence-electron chi connectivity index (χ2n) is 10.3. The molecular formula is C35H27N3O2S. The second-order valence-corrected chi connectivity index (χ2v) is 12.1. The van der Waals surface area contributed by atoms with Crippen molar-refractivity contribution in [3.05, 3.63) is 139 Å². The van der Waals surface area contributed by atoms with Crippen molar-refractivity contribution in [1.82, 2.24) is 13.5 Å². The fraction of sp³-hybridized carbons (Fsp3) is 0.0571. The third-order valence-corrected chi connectivity index (χ3v) is 9.30. The number of hydrogen-bond acceptors (Lipinski definition) is 3. The van der Waals surface area contributed by atoms with E-state index < -0.39 is 10.0 Å². The zero-order valence-electron chi connectivity index (χ0n) is 22.7. The molecule has 0 N–H and O–H groups in total. The largest absolute Gasteiger partial charge is 0.291 e. The number of para-hydroxylation sites is 2. The van der Waals surface area contributed by atoms with Crippen molar-refractivity contribution in [3.8, 4) is 28.3 Å². The van der Waals surface area contributed by atoms with E-state index in [2.05, 4.69) is 29.7 Å². The summed E-state index contributed by atoms with van der Waals surface area (Å²) in [6, 6.07) is 40.8. The van der Waals surface area contributed by atoms with Crippen molar-refractivity contribution in [2.45, 2.75) is 18.7 Å². The molecule has 0 aliphatic heterocycles. The molecule has 0 atom stereocenters. The van der Waals surface area contributed by atoms with E-state index in [1.165, 1.54) is 3.97 Å². The Labute approximate surface area is 239 Å². The number of imidazole rings is 1. The van der Waals surface area contributed by atoms with Crippen LogP contribution in [-0.2, 0) is 10.0 Å². The fourth-order valence-electron chi connectivity index (χ4n) is 5.56. The first-order chi connectivity index (χ1) is 19.9. The lowest BCUT2D eigenvalue weighted by Crippen LogP contribution is -2.14. The average molecular weight is 554 g/mol. The molecule has 0 unspecified atom stereocenters. The van der Waals surface area contributed by atoms with E-state index in [1.54, 1.807) is 12.1 Å². The lowest BCUT2D eigenvalue weighted by molar-refractivity contribution is 0.589.